The van der Waals surface area contributed by atoms with Crippen LogP contribution in [0.3, 0.4) is 0 Å². The number of likely N-dealkylation sites (N-methyl/N-ethyl adjacent to an activating group) is 1. The molecule has 6 aromatic rings. The van der Waals surface area contributed by atoms with E-state index in [4.69, 9.17) is 4.98 Å². The van der Waals surface area contributed by atoms with Crippen LogP contribution in [-0.4, -0.2) is 56.7 Å². The fourth-order valence-electron chi connectivity index (χ4n) is 5.78. The lowest BCUT2D eigenvalue weighted by atomic mass is 10.0. The molecule has 0 spiro atoms. The van der Waals surface area contributed by atoms with Crippen molar-refractivity contribution in [3.63, 3.8) is 0 Å². The molecule has 3 aromatic heterocycles. The first kappa shape index (κ1) is 23.6. The number of piperazine rings is 1. The van der Waals surface area contributed by atoms with Crippen LogP contribution in [0.2, 0.25) is 0 Å². The molecule has 7 heteroatoms. The third-order valence-electron chi connectivity index (χ3n) is 8.10. The number of aryl methyl sites for hydroxylation is 1. The van der Waals surface area contributed by atoms with Crippen LogP contribution in [0.5, 0.6) is 0 Å². The summed E-state index contributed by atoms with van der Waals surface area (Å²) in [6, 6.07) is 24.9. The minimum absolute atomic E-state index is 0.0821. The van der Waals surface area contributed by atoms with Crippen molar-refractivity contribution in [1.82, 2.24) is 24.0 Å². The van der Waals surface area contributed by atoms with Crippen molar-refractivity contribution in [2.45, 2.75) is 6.92 Å². The first-order valence-electron chi connectivity index (χ1n) is 13.5. The molecule has 0 unspecified atom stereocenters. The maximum atomic E-state index is 13.6. The van der Waals surface area contributed by atoms with E-state index in [-0.39, 0.29) is 5.69 Å². The van der Waals surface area contributed by atoms with Gasteiger partial charge in [0.25, 0.3) is 0 Å². The highest BCUT2D eigenvalue weighted by atomic mass is 16.1. The average molecular weight is 515 g/mol. The number of hydrogen-bond acceptors (Lipinski definition) is 5. The summed E-state index contributed by atoms with van der Waals surface area (Å²) in [5.41, 5.74) is 7.54. The summed E-state index contributed by atoms with van der Waals surface area (Å²) in [5.74, 6) is 0. The van der Waals surface area contributed by atoms with Crippen molar-refractivity contribution in [2.24, 2.45) is 7.05 Å². The lowest BCUT2D eigenvalue weighted by molar-refractivity contribution is 0.271. The number of benzene rings is 3. The Kier molecular flexibility index (Phi) is 5.67. The number of hydrogen-bond donors (Lipinski definition) is 0. The Hall–Kier alpha value is -4.49. The van der Waals surface area contributed by atoms with Gasteiger partial charge in [0, 0.05) is 61.4 Å². The Labute approximate surface area is 226 Å². The molecule has 0 amide bonds. The van der Waals surface area contributed by atoms with Gasteiger partial charge in [-0.15, -0.1) is 0 Å². The minimum atomic E-state index is -0.0821. The molecule has 0 radical (unpaired) electrons. The maximum Gasteiger partial charge on any atom is 0.333 e. The molecule has 194 valence electrons. The average Bonchev–Trinajstić information content (AvgIpc) is 3.26. The fraction of sp³-hybridized carbons (Fsp3) is 0.219. The topological polar surface area (TPSA) is 59.2 Å². The van der Waals surface area contributed by atoms with Gasteiger partial charge >= 0.3 is 5.69 Å². The first-order valence-corrected chi connectivity index (χ1v) is 13.5. The molecule has 0 N–H and O–H groups in total. The number of imidazole rings is 1. The molecule has 7 nitrogen and oxygen atoms in total. The van der Waals surface area contributed by atoms with E-state index in [0.29, 0.717) is 0 Å². The highest BCUT2D eigenvalue weighted by molar-refractivity contribution is 6.04. The number of fused-ring (bicyclic) bond motifs is 4. The molecule has 1 aliphatic heterocycles. The lowest BCUT2D eigenvalue weighted by Gasteiger charge is -2.35. The standard InChI is InChI=1S/C32H30N6O/c1-3-36-14-16-37(17-15-36)25-9-11-26(12-10-25)38-31-27-19-22(24-18-23-6-4-5-7-28(23)33-20-24)8-13-29(27)34-21-30(31)35(2)32(38)39/h4-13,18-21H,3,14-17H2,1-2H3. The Bertz CT molecular complexity index is 1890. The van der Waals surface area contributed by atoms with Crippen molar-refractivity contribution in [1.29, 1.82) is 0 Å². The van der Waals surface area contributed by atoms with Gasteiger partial charge in [0.1, 0.15) is 0 Å². The molecule has 0 aliphatic carbocycles. The molecule has 4 heterocycles. The molecule has 39 heavy (non-hydrogen) atoms. The van der Waals surface area contributed by atoms with E-state index in [9.17, 15) is 4.79 Å². The zero-order valence-electron chi connectivity index (χ0n) is 22.2. The van der Waals surface area contributed by atoms with Crippen molar-refractivity contribution in [3.8, 4) is 16.8 Å². The van der Waals surface area contributed by atoms with E-state index in [2.05, 4.69) is 70.2 Å². The number of nitrogens with zero attached hydrogens (tertiary/aromatic N) is 6. The number of aromatic nitrogens is 4. The van der Waals surface area contributed by atoms with Crippen molar-refractivity contribution >= 4 is 38.5 Å². The zero-order valence-corrected chi connectivity index (χ0v) is 22.2. The monoisotopic (exact) mass is 514 g/mol. The molecular formula is C32H30N6O. The van der Waals surface area contributed by atoms with E-state index in [1.807, 2.05) is 42.1 Å². The zero-order chi connectivity index (χ0) is 26.5. The van der Waals surface area contributed by atoms with Crippen LogP contribution in [0.25, 0.3) is 49.7 Å². The van der Waals surface area contributed by atoms with E-state index >= 15 is 0 Å². The van der Waals surface area contributed by atoms with Gasteiger partial charge in [-0.2, -0.15) is 0 Å². The second-order valence-electron chi connectivity index (χ2n) is 10.3. The highest BCUT2D eigenvalue weighted by Gasteiger charge is 2.19. The highest BCUT2D eigenvalue weighted by Crippen LogP contribution is 2.31. The van der Waals surface area contributed by atoms with Gasteiger partial charge in [0.2, 0.25) is 0 Å². The third-order valence-corrected chi connectivity index (χ3v) is 8.10. The molecule has 1 fully saturated rings. The fourth-order valence-corrected chi connectivity index (χ4v) is 5.78. The van der Waals surface area contributed by atoms with Crippen LogP contribution in [0.4, 0.5) is 5.69 Å². The van der Waals surface area contributed by atoms with E-state index in [0.717, 1.165) is 82.4 Å². The molecule has 0 atom stereocenters. The Morgan fingerprint density at radius 2 is 1.51 bits per heavy atom. The van der Waals surface area contributed by atoms with Crippen molar-refractivity contribution < 1.29 is 0 Å². The van der Waals surface area contributed by atoms with E-state index in [1.165, 1.54) is 5.69 Å². The van der Waals surface area contributed by atoms with Gasteiger partial charge < -0.3 is 9.80 Å². The van der Waals surface area contributed by atoms with Gasteiger partial charge in [-0.1, -0.05) is 31.2 Å². The SMILES string of the molecule is CCN1CCN(c2ccc(-n3c(=O)n(C)c4cnc5ccc(-c6cnc7ccccc7c6)cc5c43)cc2)CC1. The summed E-state index contributed by atoms with van der Waals surface area (Å²) in [4.78, 5) is 27.8. The first-order chi connectivity index (χ1) is 19.1. The van der Waals surface area contributed by atoms with Crippen LogP contribution in [0.15, 0.2) is 90.0 Å². The van der Waals surface area contributed by atoms with E-state index in [1.54, 1.807) is 10.8 Å². The molecule has 1 aliphatic rings. The molecule has 1 saturated heterocycles. The molecule has 0 bridgehead atoms. The molecule has 3 aromatic carbocycles. The Balaban J connectivity index is 1.34. The van der Waals surface area contributed by atoms with Crippen LogP contribution in [0.1, 0.15) is 6.92 Å². The maximum absolute atomic E-state index is 13.6. The number of rotatable bonds is 4. The largest absolute Gasteiger partial charge is 0.369 e. The van der Waals surface area contributed by atoms with Crippen LogP contribution in [-0.2, 0) is 7.05 Å². The summed E-state index contributed by atoms with van der Waals surface area (Å²) in [6.45, 7) is 7.50. The lowest BCUT2D eigenvalue weighted by Crippen LogP contribution is -2.46. The second-order valence-corrected chi connectivity index (χ2v) is 10.3. The summed E-state index contributed by atoms with van der Waals surface area (Å²) in [6.07, 6.45) is 3.71. The number of para-hydroxylation sites is 1. The van der Waals surface area contributed by atoms with Crippen LogP contribution >= 0.6 is 0 Å². The summed E-state index contributed by atoms with van der Waals surface area (Å²) in [7, 11) is 1.81. The van der Waals surface area contributed by atoms with Crippen molar-refractivity contribution in [3.05, 3.63) is 95.7 Å². The molecular weight excluding hydrogens is 484 g/mol. The number of anilines is 1. The predicted molar refractivity (Wildman–Crippen MR) is 159 cm³/mol. The summed E-state index contributed by atoms with van der Waals surface area (Å²) in [5, 5.41) is 2.04. The quantitative estimate of drug-likeness (QED) is 0.322. The molecule has 0 saturated carbocycles. The van der Waals surface area contributed by atoms with Gasteiger partial charge in [-0.3, -0.25) is 19.1 Å². The van der Waals surface area contributed by atoms with Gasteiger partial charge in [-0.25, -0.2) is 4.79 Å². The Morgan fingerprint density at radius 1 is 0.769 bits per heavy atom. The Morgan fingerprint density at radius 3 is 2.31 bits per heavy atom. The van der Waals surface area contributed by atoms with E-state index < -0.39 is 0 Å². The normalized spacial score (nSPS) is 14.6. The smallest absolute Gasteiger partial charge is 0.333 e. The van der Waals surface area contributed by atoms with Crippen LogP contribution in [0, 0.1) is 0 Å². The third kappa shape index (κ3) is 3.97. The number of pyridine rings is 2. The van der Waals surface area contributed by atoms with Gasteiger partial charge in [0.15, 0.2) is 0 Å². The molecule has 7 rings (SSSR count). The van der Waals surface area contributed by atoms with Gasteiger partial charge in [-0.05, 0) is 60.6 Å². The van der Waals surface area contributed by atoms with Crippen molar-refractivity contribution in [2.75, 3.05) is 37.6 Å². The van der Waals surface area contributed by atoms with Crippen LogP contribution < -0.4 is 10.6 Å². The summed E-state index contributed by atoms with van der Waals surface area (Å²) >= 11 is 0. The predicted octanol–water partition coefficient (Wildman–Crippen LogP) is 5.23. The minimum Gasteiger partial charge on any atom is -0.369 e. The summed E-state index contributed by atoms with van der Waals surface area (Å²) < 4.78 is 3.50. The second kappa shape index (κ2) is 9.36. The van der Waals surface area contributed by atoms with Gasteiger partial charge in [0.05, 0.1) is 34.0 Å².